The van der Waals surface area contributed by atoms with Crippen LogP contribution in [0.2, 0.25) is 0 Å². The summed E-state index contributed by atoms with van der Waals surface area (Å²) in [4.78, 5) is 33.9. The Morgan fingerprint density at radius 1 is 1.17 bits per heavy atom. The first-order valence-electron chi connectivity index (χ1n) is 9.81. The van der Waals surface area contributed by atoms with E-state index in [4.69, 9.17) is 9.15 Å². The number of esters is 1. The van der Waals surface area contributed by atoms with E-state index in [-0.39, 0.29) is 23.8 Å². The molecule has 1 fully saturated rings. The maximum atomic E-state index is 12.8. The van der Waals surface area contributed by atoms with E-state index in [1.807, 2.05) is 43.3 Å². The maximum absolute atomic E-state index is 12.8. The van der Waals surface area contributed by atoms with Crippen molar-refractivity contribution in [3.8, 4) is 11.5 Å². The molecule has 7 nitrogen and oxygen atoms in total. The number of oxazole rings is 1. The number of aryl methyl sites for hydroxylation is 1. The Balaban J connectivity index is 1.39. The molecule has 4 aromatic rings. The minimum Gasteiger partial charge on any atom is -0.454 e. The quantitative estimate of drug-likeness (QED) is 0.472. The van der Waals surface area contributed by atoms with Gasteiger partial charge in [0.2, 0.25) is 5.89 Å². The SMILES string of the molecule is Cc1ccc2nc(COC(=O)c3nc(-c4ccccc4)oc3C3CC3)cc(=O)n2c1. The van der Waals surface area contributed by atoms with Gasteiger partial charge in [0.25, 0.3) is 5.56 Å². The number of benzene rings is 1. The van der Waals surface area contributed by atoms with Crippen molar-refractivity contribution >= 4 is 11.6 Å². The summed E-state index contributed by atoms with van der Waals surface area (Å²) in [6.45, 7) is 1.79. The molecule has 0 saturated heterocycles. The zero-order valence-corrected chi connectivity index (χ0v) is 16.4. The number of pyridine rings is 1. The van der Waals surface area contributed by atoms with Crippen LogP contribution in [0.1, 0.15) is 46.3 Å². The van der Waals surface area contributed by atoms with Crippen molar-refractivity contribution < 1.29 is 13.9 Å². The smallest absolute Gasteiger partial charge is 0.361 e. The van der Waals surface area contributed by atoms with Crippen molar-refractivity contribution in [2.45, 2.75) is 32.3 Å². The second kappa shape index (κ2) is 7.26. The van der Waals surface area contributed by atoms with E-state index in [2.05, 4.69) is 9.97 Å². The fraction of sp³-hybridized carbons (Fsp3) is 0.217. The van der Waals surface area contributed by atoms with Crippen LogP contribution in [-0.4, -0.2) is 20.3 Å². The second-order valence-electron chi connectivity index (χ2n) is 7.47. The van der Waals surface area contributed by atoms with E-state index in [1.165, 1.54) is 10.5 Å². The molecule has 1 aliphatic carbocycles. The number of fused-ring (bicyclic) bond motifs is 1. The van der Waals surface area contributed by atoms with Crippen molar-refractivity contribution in [2.24, 2.45) is 0 Å². The topological polar surface area (TPSA) is 86.7 Å². The number of rotatable bonds is 5. The van der Waals surface area contributed by atoms with Crippen LogP contribution in [-0.2, 0) is 11.3 Å². The van der Waals surface area contributed by atoms with Crippen molar-refractivity contribution in [1.29, 1.82) is 0 Å². The summed E-state index contributed by atoms with van der Waals surface area (Å²) in [6, 6.07) is 14.5. The van der Waals surface area contributed by atoms with Crippen LogP contribution < -0.4 is 5.56 Å². The lowest BCUT2D eigenvalue weighted by Crippen LogP contribution is -2.17. The van der Waals surface area contributed by atoms with Gasteiger partial charge in [-0.05, 0) is 43.5 Å². The molecule has 5 rings (SSSR count). The average molecular weight is 401 g/mol. The Morgan fingerprint density at radius 2 is 1.97 bits per heavy atom. The van der Waals surface area contributed by atoms with Gasteiger partial charge >= 0.3 is 5.97 Å². The third-order valence-corrected chi connectivity index (χ3v) is 5.03. The van der Waals surface area contributed by atoms with Gasteiger partial charge in [-0.15, -0.1) is 0 Å². The van der Waals surface area contributed by atoms with E-state index in [0.29, 0.717) is 23.0 Å². The first kappa shape index (κ1) is 18.3. The first-order valence-corrected chi connectivity index (χ1v) is 9.81. The van der Waals surface area contributed by atoms with E-state index in [9.17, 15) is 9.59 Å². The monoisotopic (exact) mass is 401 g/mol. The largest absolute Gasteiger partial charge is 0.454 e. The van der Waals surface area contributed by atoms with Crippen LogP contribution in [0.25, 0.3) is 17.1 Å². The molecule has 150 valence electrons. The minimum absolute atomic E-state index is 0.115. The highest BCUT2D eigenvalue weighted by atomic mass is 16.5. The van der Waals surface area contributed by atoms with Gasteiger partial charge in [-0.2, -0.15) is 0 Å². The summed E-state index contributed by atoms with van der Waals surface area (Å²) in [5.74, 6) is 0.598. The highest BCUT2D eigenvalue weighted by Crippen LogP contribution is 2.43. The Morgan fingerprint density at radius 3 is 2.73 bits per heavy atom. The van der Waals surface area contributed by atoms with E-state index in [1.54, 1.807) is 12.3 Å². The maximum Gasteiger partial charge on any atom is 0.361 e. The molecule has 0 N–H and O–H groups in total. The molecule has 0 bridgehead atoms. The van der Waals surface area contributed by atoms with Gasteiger partial charge in [0.05, 0.1) is 5.69 Å². The molecule has 3 aromatic heterocycles. The fourth-order valence-electron chi connectivity index (χ4n) is 3.34. The van der Waals surface area contributed by atoms with E-state index >= 15 is 0 Å². The number of ether oxygens (including phenoxy) is 1. The van der Waals surface area contributed by atoms with Crippen molar-refractivity contribution in [1.82, 2.24) is 14.4 Å². The van der Waals surface area contributed by atoms with Gasteiger partial charge in [-0.1, -0.05) is 24.3 Å². The Labute approximate surface area is 172 Å². The Kier molecular flexibility index (Phi) is 4.43. The van der Waals surface area contributed by atoms with Crippen LogP contribution in [0.5, 0.6) is 0 Å². The van der Waals surface area contributed by atoms with Gasteiger partial charge in [0, 0.05) is 23.7 Å². The molecule has 1 aliphatic rings. The van der Waals surface area contributed by atoms with E-state index < -0.39 is 5.97 Å². The van der Waals surface area contributed by atoms with Gasteiger partial charge < -0.3 is 9.15 Å². The van der Waals surface area contributed by atoms with Crippen LogP contribution in [0, 0.1) is 6.92 Å². The molecule has 7 heteroatoms. The fourth-order valence-corrected chi connectivity index (χ4v) is 3.34. The third-order valence-electron chi connectivity index (χ3n) is 5.03. The lowest BCUT2D eigenvalue weighted by molar-refractivity contribution is 0.0459. The van der Waals surface area contributed by atoms with Crippen molar-refractivity contribution in [3.05, 3.63) is 87.8 Å². The summed E-state index contributed by atoms with van der Waals surface area (Å²) in [5, 5.41) is 0. The standard InChI is InChI=1S/C23H19N3O4/c1-14-7-10-18-24-17(11-19(27)26(18)12-14)13-29-23(28)20-21(15-8-9-15)30-22(25-20)16-5-3-2-4-6-16/h2-7,10-12,15H,8-9,13H2,1H3. The van der Waals surface area contributed by atoms with Gasteiger partial charge in [0.15, 0.2) is 5.69 Å². The molecule has 0 spiro atoms. The summed E-state index contributed by atoms with van der Waals surface area (Å²) in [6.07, 6.45) is 3.65. The minimum atomic E-state index is -0.575. The molecule has 30 heavy (non-hydrogen) atoms. The zero-order valence-electron chi connectivity index (χ0n) is 16.4. The van der Waals surface area contributed by atoms with Gasteiger partial charge in [-0.3, -0.25) is 9.20 Å². The molecule has 0 atom stereocenters. The molecule has 0 radical (unpaired) electrons. The van der Waals surface area contributed by atoms with Crippen molar-refractivity contribution in [2.75, 3.05) is 0 Å². The molecule has 1 saturated carbocycles. The lowest BCUT2D eigenvalue weighted by atomic mass is 10.2. The Bertz CT molecular complexity index is 1300. The predicted molar refractivity (Wildman–Crippen MR) is 109 cm³/mol. The van der Waals surface area contributed by atoms with Crippen LogP contribution in [0.3, 0.4) is 0 Å². The highest BCUT2D eigenvalue weighted by molar-refractivity contribution is 5.89. The Hall–Kier alpha value is -3.74. The molecule has 0 aliphatic heterocycles. The summed E-state index contributed by atoms with van der Waals surface area (Å²) >= 11 is 0. The van der Waals surface area contributed by atoms with Crippen LogP contribution >= 0.6 is 0 Å². The zero-order chi connectivity index (χ0) is 20.7. The number of carbonyl (C=O) groups excluding carboxylic acids is 1. The number of aromatic nitrogens is 3. The molecular weight excluding hydrogens is 382 g/mol. The predicted octanol–water partition coefficient (Wildman–Crippen LogP) is 3.89. The molecular formula is C23H19N3O4. The first-order chi connectivity index (χ1) is 14.6. The molecule has 1 aromatic carbocycles. The van der Waals surface area contributed by atoms with Crippen LogP contribution in [0.4, 0.5) is 0 Å². The molecule has 0 unspecified atom stereocenters. The highest BCUT2D eigenvalue weighted by Gasteiger charge is 2.34. The number of nitrogens with zero attached hydrogens (tertiary/aromatic N) is 3. The number of carbonyl (C=O) groups is 1. The molecule has 3 heterocycles. The summed E-state index contributed by atoms with van der Waals surface area (Å²) < 4.78 is 12.8. The number of hydrogen-bond acceptors (Lipinski definition) is 6. The van der Waals surface area contributed by atoms with E-state index in [0.717, 1.165) is 24.0 Å². The van der Waals surface area contributed by atoms with Gasteiger partial charge in [0.1, 0.15) is 18.0 Å². The normalized spacial score (nSPS) is 13.5. The number of hydrogen-bond donors (Lipinski definition) is 0. The third kappa shape index (κ3) is 3.50. The summed E-state index contributed by atoms with van der Waals surface area (Å²) in [7, 11) is 0. The van der Waals surface area contributed by atoms with Crippen LogP contribution in [0.15, 0.2) is 63.9 Å². The lowest BCUT2D eigenvalue weighted by Gasteiger charge is -2.06. The summed E-state index contributed by atoms with van der Waals surface area (Å²) in [5.41, 5.74) is 2.63. The van der Waals surface area contributed by atoms with Crippen molar-refractivity contribution in [3.63, 3.8) is 0 Å². The van der Waals surface area contributed by atoms with Gasteiger partial charge in [-0.25, -0.2) is 14.8 Å². The average Bonchev–Trinajstić information content (AvgIpc) is 3.51. The molecule has 0 amide bonds. The second-order valence-corrected chi connectivity index (χ2v) is 7.47.